The molecule has 1 aromatic heterocycles. The van der Waals surface area contributed by atoms with Crippen LogP contribution in [0.2, 0.25) is 0 Å². The van der Waals surface area contributed by atoms with Crippen LogP contribution in [-0.2, 0) is 6.61 Å². The SMILES string of the molecule is O=C(NCC1(O)CCCC1)c1ccccc1OCc1cscn1. The number of amides is 1. The lowest BCUT2D eigenvalue weighted by Crippen LogP contribution is -2.40. The molecule has 5 nitrogen and oxygen atoms in total. The van der Waals surface area contributed by atoms with E-state index in [1.165, 1.54) is 11.3 Å². The van der Waals surface area contributed by atoms with Crippen LogP contribution in [0.3, 0.4) is 0 Å². The van der Waals surface area contributed by atoms with Crippen LogP contribution in [0.1, 0.15) is 41.7 Å². The molecular weight excluding hydrogens is 312 g/mol. The van der Waals surface area contributed by atoms with Gasteiger partial charge in [0.2, 0.25) is 0 Å². The summed E-state index contributed by atoms with van der Waals surface area (Å²) in [5.74, 6) is 0.301. The number of rotatable bonds is 6. The fraction of sp³-hybridized carbons (Fsp3) is 0.412. The van der Waals surface area contributed by atoms with E-state index >= 15 is 0 Å². The minimum Gasteiger partial charge on any atom is -0.486 e. The summed E-state index contributed by atoms with van der Waals surface area (Å²) in [6.45, 7) is 0.615. The standard InChI is InChI=1S/C17H20N2O3S/c20-16(18-11-17(21)7-3-4-8-17)14-5-1-2-6-15(14)22-9-13-10-23-12-19-13/h1-2,5-6,10,12,21H,3-4,7-9,11H2,(H,18,20). The Kier molecular flexibility index (Phi) is 4.93. The third-order valence-electron chi connectivity index (χ3n) is 4.10. The van der Waals surface area contributed by atoms with Gasteiger partial charge in [0.25, 0.3) is 5.91 Å². The monoisotopic (exact) mass is 332 g/mol. The molecule has 1 aromatic carbocycles. The molecule has 1 aliphatic rings. The highest BCUT2D eigenvalue weighted by Crippen LogP contribution is 2.29. The Balaban J connectivity index is 1.63. The Bertz CT molecular complexity index is 652. The molecule has 1 amide bonds. The number of para-hydroxylation sites is 1. The van der Waals surface area contributed by atoms with E-state index in [0.29, 0.717) is 17.9 Å². The number of carbonyl (C=O) groups excluding carboxylic acids is 1. The largest absolute Gasteiger partial charge is 0.486 e. The van der Waals surface area contributed by atoms with E-state index in [4.69, 9.17) is 4.74 Å². The highest BCUT2D eigenvalue weighted by Gasteiger charge is 2.31. The van der Waals surface area contributed by atoms with Gasteiger partial charge in [-0.05, 0) is 25.0 Å². The number of hydrogen-bond donors (Lipinski definition) is 2. The van der Waals surface area contributed by atoms with Crippen LogP contribution in [0.15, 0.2) is 35.2 Å². The quantitative estimate of drug-likeness (QED) is 0.853. The predicted molar refractivity (Wildman–Crippen MR) is 88.6 cm³/mol. The molecule has 3 rings (SSSR count). The third-order valence-corrected chi connectivity index (χ3v) is 4.74. The summed E-state index contributed by atoms with van der Waals surface area (Å²) in [5.41, 5.74) is 2.31. The topological polar surface area (TPSA) is 71.5 Å². The van der Waals surface area contributed by atoms with Crippen LogP contribution in [0, 0.1) is 0 Å². The van der Waals surface area contributed by atoms with Crippen molar-refractivity contribution in [3.8, 4) is 5.75 Å². The van der Waals surface area contributed by atoms with Gasteiger partial charge in [-0.2, -0.15) is 0 Å². The van der Waals surface area contributed by atoms with Gasteiger partial charge in [0.15, 0.2) is 0 Å². The van der Waals surface area contributed by atoms with Crippen molar-refractivity contribution in [3.63, 3.8) is 0 Å². The zero-order valence-corrected chi connectivity index (χ0v) is 13.6. The van der Waals surface area contributed by atoms with E-state index in [1.54, 1.807) is 23.7 Å². The fourth-order valence-corrected chi connectivity index (χ4v) is 3.33. The van der Waals surface area contributed by atoms with E-state index in [1.807, 2.05) is 11.4 Å². The second-order valence-electron chi connectivity index (χ2n) is 5.88. The van der Waals surface area contributed by atoms with Crippen molar-refractivity contribution < 1.29 is 14.6 Å². The van der Waals surface area contributed by atoms with Crippen LogP contribution in [0.4, 0.5) is 0 Å². The third kappa shape index (κ3) is 4.09. The molecule has 1 heterocycles. The van der Waals surface area contributed by atoms with E-state index in [9.17, 15) is 9.90 Å². The molecule has 23 heavy (non-hydrogen) atoms. The molecule has 0 radical (unpaired) electrons. The average molecular weight is 332 g/mol. The van der Waals surface area contributed by atoms with Crippen LogP contribution >= 0.6 is 11.3 Å². The van der Waals surface area contributed by atoms with Crippen molar-refractivity contribution >= 4 is 17.2 Å². The summed E-state index contributed by atoms with van der Waals surface area (Å²) in [6.07, 6.45) is 3.52. The number of benzene rings is 1. The number of ether oxygens (including phenoxy) is 1. The van der Waals surface area contributed by atoms with Crippen molar-refractivity contribution in [3.05, 3.63) is 46.4 Å². The molecule has 2 aromatic rings. The number of aromatic nitrogens is 1. The van der Waals surface area contributed by atoms with Crippen molar-refractivity contribution in [2.24, 2.45) is 0 Å². The first-order valence-electron chi connectivity index (χ1n) is 7.76. The molecule has 122 valence electrons. The summed E-state index contributed by atoms with van der Waals surface area (Å²) >= 11 is 1.51. The fourth-order valence-electron chi connectivity index (χ4n) is 2.79. The Morgan fingerprint density at radius 1 is 1.35 bits per heavy atom. The van der Waals surface area contributed by atoms with Crippen molar-refractivity contribution in [1.29, 1.82) is 0 Å². The molecule has 2 N–H and O–H groups in total. The first-order chi connectivity index (χ1) is 11.2. The van der Waals surface area contributed by atoms with Gasteiger partial charge in [0, 0.05) is 11.9 Å². The molecule has 1 saturated carbocycles. The lowest BCUT2D eigenvalue weighted by Gasteiger charge is -2.22. The molecular formula is C17H20N2O3S. The van der Waals surface area contributed by atoms with Gasteiger partial charge in [-0.15, -0.1) is 11.3 Å². The summed E-state index contributed by atoms with van der Waals surface area (Å²) < 4.78 is 5.72. The van der Waals surface area contributed by atoms with Crippen LogP contribution < -0.4 is 10.1 Å². The second kappa shape index (κ2) is 7.10. The van der Waals surface area contributed by atoms with E-state index in [-0.39, 0.29) is 12.5 Å². The maximum atomic E-state index is 12.4. The highest BCUT2D eigenvalue weighted by molar-refractivity contribution is 7.07. The normalized spacial score (nSPS) is 16.2. The molecule has 0 aliphatic heterocycles. The lowest BCUT2D eigenvalue weighted by atomic mass is 10.0. The summed E-state index contributed by atoms with van der Waals surface area (Å²) in [4.78, 5) is 16.6. The Morgan fingerprint density at radius 3 is 2.87 bits per heavy atom. The Hall–Kier alpha value is -1.92. The van der Waals surface area contributed by atoms with Gasteiger partial charge in [-0.1, -0.05) is 25.0 Å². The number of nitrogens with one attached hydrogen (secondary N) is 1. The van der Waals surface area contributed by atoms with E-state index in [0.717, 1.165) is 31.4 Å². The highest BCUT2D eigenvalue weighted by atomic mass is 32.1. The molecule has 0 bridgehead atoms. The van der Waals surface area contributed by atoms with E-state index in [2.05, 4.69) is 10.3 Å². The molecule has 0 saturated heterocycles. The van der Waals surface area contributed by atoms with Gasteiger partial charge in [-0.25, -0.2) is 4.98 Å². The van der Waals surface area contributed by atoms with Crippen LogP contribution in [0.5, 0.6) is 5.75 Å². The summed E-state index contributed by atoms with van der Waals surface area (Å²) in [7, 11) is 0. The molecule has 1 fully saturated rings. The maximum Gasteiger partial charge on any atom is 0.255 e. The van der Waals surface area contributed by atoms with Crippen LogP contribution in [-0.4, -0.2) is 28.1 Å². The molecule has 0 atom stereocenters. The number of carbonyl (C=O) groups is 1. The molecule has 0 unspecified atom stereocenters. The number of aliphatic hydroxyl groups is 1. The van der Waals surface area contributed by atoms with Gasteiger partial charge < -0.3 is 15.2 Å². The number of hydrogen-bond acceptors (Lipinski definition) is 5. The smallest absolute Gasteiger partial charge is 0.255 e. The zero-order chi connectivity index (χ0) is 16.1. The first kappa shape index (κ1) is 16.0. The number of nitrogens with zero attached hydrogens (tertiary/aromatic N) is 1. The lowest BCUT2D eigenvalue weighted by molar-refractivity contribution is 0.0449. The average Bonchev–Trinajstić information content (AvgIpc) is 3.23. The van der Waals surface area contributed by atoms with Gasteiger partial charge >= 0.3 is 0 Å². The minimum atomic E-state index is -0.758. The Labute approximate surface area is 139 Å². The van der Waals surface area contributed by atoms with Gasteiger partial charge in [-0.3, -0.25) is 4.79 Å². The molecule has 1 aliphatic carbocycles. The van der Waals surface area contributed by atoms with Gasteiger partial charge in [0.1, 0.15) is 12.4 Å². The summed E-state index contributed by atoms with van der Waals surface area (Å²) in [6, 6.07) is 7.13. The van der Waals surface area contributed by atoms with Crippen LogP contribution in [0.25, 0.3) is 0 Å². The summed E-state index contributed by atoms with van der Waals surface area (Å²) in [5, 5.41) is 15.1. The molecule has 0 spiro atoms. The van der Waals surface area contributed by atoms with Crippen molar-refractivity contribution in [2.75, 3.05) is 6.54 Å². The predicted octanol–water partition coefficient (Wildman–Crippen LogP) is 2.76. The number of thiazole rings is 1. The van der Waals surface area contributed by atoms with Crippen molar-refractivity contribution in [1.82, 2.24) is 10.3 Å². The second-order valence-corrected chi connectivity index (χ2v) is 6.60. The van der Waals surface area contributed by atoms with E-state index < -0.39 is 5.60 Å². The Morgan fingerprint density at radius 2 is 2.13 bits per heavy atom. The maximum absolute atomic E-state index is 12.4. The first-order valence-corrected chi connectivity index (χ1v) is 8.70. The molecule has 6 heteroatoms. The zero-order valence-electron chi connectivity index (χ0n) is 12.8. The van der Waals surface area contributed by atoms with Gasteiger partial charge in [0.05, 0.1) is 22.4 Å². The van der Waals surface area contributed by atoms with Crippen molar-refractivity contribution in [2.45, 2.75) is 37.9 Å². The minimum absolute atomic E-state index is 0.223.